The van der Waals surface area contributed by atoms with Crippen molar-refractivity contribution in [1.29, 1.82) is 0 Å². The fourth-order valence-electron chi connectivity index (χ4n) is 7.18. The van der Waals surface area contributed by atoms with Crippen LogP contribution in [-0.4, -0.2) is 66.0 Å². The van der Waals surface area contributed by atoms with Crippen molar-refractivity contribution in [2.24, 2.45) is 10.9 Å². The van der Waals surface area contributed by atoms with Gasteiger partial charge in [-0.25, -0.2) is 9.18 Å². The van der Waals surface area contributed by atoms with Crippen molar-refractivity contribution in [1.82, 2.24) is 9.80 Å². The number of ether oxygens (including phenoxy) is 1. The topological polar surface area (TPSA) is 48.4 Å². The number of carbonyl (C=O) groups excluding carboxylic acids is 1. The fourth-order valence-corrected chi connectivity index (χ4v) is 7.18. The first-order chi connectivity index (χ1) is 18.5. The molecule has 1 spiro atoms. The Morgan fingerprint density at radius 3 is 2.66 bits per heavy atom. The highest BCUT2D eigenvalue weighted by atomic mass is 19.1. The number of anilines is 1. The molecule has 0 aromatic heterocycles. The van der Waals surface area contributed by atoms with Crippen LogP contribution in [0.2, 0.25) is 0 Å². The smallest absolute Gasteiger partial charge is 0.350 e. The number of urea groups is 1. The van der Waals surface area contributed by atoms with E-state index in [1.807, 2.05) is 23.1 Å². The van der Waals surface area contributed by atoms with Gasteiger partial charge in [0.15, 0.2) is 0 Å². The lowest BCUT2D eigenvalue weighted by atomic mass is 9.78. The van der Waals surface area contributed by atoms with Gasteiger partial charge in [-0.2, -0.15) is 4.99 Å². The first-order valence-corrected chi connectivity index (χ1v) is 14.3. The zero-order valence-electron chi connectivity index (χ0n) is 22.6. The van der Waals surface area contributed by atoms with Gasteiger partial charge in [0.2, 0.25) is 0 Å². The third-order valence-corrected chi connectivity index (χ3v) is 9.34. The molecular formula is C31H39FN4O2. The average molecular weight is 519 g/mol. The van der Waals surface area contributed by atoms with Gasteiger partial charge in [-0.3, -0.25) is 4.90 Å². The molecule has 3 atom stereocenters. The Hall–Kier alpha value is -2.93. The lowest BCUT2D eigenvalue weighted by molar-refractivity contribution is 0.0875. The van der Waals surface area contributed by atoms with Gasteiger partial charge in [0.1, 0.15) is 22.9 Å². The number of amidine groups is 1. The Morgan fingerprint density at radius 2 is 1.92 bits per heavy atom. The molecule has 38 heavy (non-hydrogen) atoms. The van der Waals surface area contributed by atoms with Gasteiger partial charge >= 0.3 is 6.03 Å². The standard InChI is InChI=1S/C31H39FN4O2/c1-22-20-31(14-16-34(22)21-23-7-3-8-23)29(33-30(37)36(31)27-11-5-10-25(32)19-27)35-15-6-12-26(35)17-24-9-4-13-28(18-24)38-2/h4-5,9-11,13,18-19,22-23,26H,3,6-8,12,14-17,20-21H2,1-2H3/t22-,26?,31+/m0/s1. The highest BCUT2D eigenvalue weighted by molar-refractivity contribution is 6.16. The SMILES string of the molecule is COc1cccc(CC2CCCN2C2=NC(=O)N(c3cccc(F)c3)[C@@]23CCN(CC2CCC2)[C@@H](C)C3)c1. The number of hydrogen-bond acceptors (Lipinski definition) is 4. The Labute approximate surface area is 225 Å². The van der Waals surface area contributed by atoms with E-state index in [0.29, 0.717) is 11.7 Å². The maximum Gasteiger partial charge on any atom is 0.350 e. The van der Waals surface area contributed by atoms with E-state index >= 15 is 0 Å². The van der Waals surface area contributed by atoms with Crippen molar-refractivity contribution in [3.8, 4) is 5.75 Å². The van der Waals surface area contributed by atoms with Crippen molar-refractivity contribution < 1.29 is 13.9 Å². The van der Waals surface area contributed by atoms with Crippen LogP contribution in [0.1, 0.15) is 57.4 Å². The highest BCUT2D eigenvalue weighted by Gasteiger charge is 2.56. The third kappa shape index (κ3) is 4.59. The van der Waals surface area contributed by atoms with E-state index in [9.17, 15) is 9.18 Å². The number of piperidine rings is 1. The summed E-state index contributed by atoms with van der Waals surface area (Å²) < 4.78 is 19.9. The van der Waals surface area contributed by atoms with Gasteiger partial charge in [-0.05, 0) is 93.7 Å². The molecule has 2 amide bonds. The number of likely N-dealkylation sites (tertiary alicyclic amines) is 2. The molecule has 2 saturated heterocycles. The van der Waals surface area contributed by atoms with Crippen molar-refractivity contribution in [3.63, 3.8) is 0 Å². The minimum Gasteiger partial charge on any atom is -0.497 e. The first-order valence-electron chi connectivity index (χ1n) is 14.3. The summed E-state index contributed by atoms with van der Waals surface area (Å²) in [6, 6.07) is 15.1. The largest absolute Gasteiger partial charge is 0.497 e. The number of nitrogens with zero attached hydrogens (tertiary/aromatic N) is 4. The van der Waals surface area contributed by atoms with Gasteiger partial charge in [0.25, 0.3) is 0 Å². The Kier molecular flexibility index (Phi) is 6.89. The molecule has 3 fully saturated rings. The maximum absolute atomic E-state index is 14.4. The summed E-state index contributed by atoms with van der Waals surface area (Å²) in [5.74, 6) is 2.23. The van der Waals surface area contributed by atoms with Crippen molar-refractivity contribution in [2.75, 3.05) is 31.6 Å². The number of hydrogen-bond donors (Lipinski definition) is 0. The number of rotatable bonds is 6. The highest BCUT2D eigenvalue weighted by Crippen LogP contribution is 2.44. The minimum atomic E-state index is -0.558. The molecule has 6 rings (SSSR count). The first kappa shape index (κ1) is 25.4. The molecule has 3 heterocycles. The molecule has 6 nitrogen and oxygen atoms in total. The minimum absolute atomic E-state index is 0.265. The molecular weight excluding hydrogens is 479 g/mol. The molecule has 7 heteroatoms. The normalized spacial score (nSPS) is 28.2. The van der Waals surface area contributed by atoms with Crippen LogP contribution in [0.5, 0.6) is 5.75 Å². The van der Waals surface area contributed by atoms with Crippen LogP contribution < -0.4 is 9.64 Å². The lowest BCUT2D eigenvalue weighted by Gasteiger charge is -2.51. The molecule has 0 bridgehead atoms. The van der Waals surface area contributed by atoms with E-state index in [0.717, 1.165) is 69.2 Å². The van der Waals surface area contributed by atoms with Gasteiger partial charge < -0.3 is 14.5 Å². The molecule has 0 radical (unpaired) electrons. The summed E-state index contributed by atoms with van der Waals surface area (Å²) >= 11 is 0. The fraction of sp³-hybridized carbons (Fsp3) is 0.548. The summed E-state index contributed by atoms with van der Waals surface area (Å²) in [5, 5.41) is 0. The van der Waals surface area contributed by atoms with Crippen LogP contribution in [0.25, 0.3) is 0 Å². The second kappa shape index (κ2) is 10.3. The predicted octanol–water partition coefficient (Wildman–Crippen LogP) is 5.90. The molecule has 1 saturated carbocycles. The second-order valence-electron chi connectivity index (χ2n) is 11.7. The average Bonchev–Trinajstić information content (AvgIpc) is 3.44. The number of aliphatic imine (C=N–C) groups is 1. The monoisotopic (exact) mass is 518 g/mol. The van der Waals surface area contributed by atoms with Crippen LogP contribution in [0.4, 0.5) is 14.9 Å². The Morgan fingerprint density at radius 1 is 1.08 bits per heavy atom. The molecule has 3 aliphatic heterocycles. The Balaban J connectivity index is 1.32. The molecule has 1 aliphatic carbocycles. The van der Waals surface area contributed by atoms with Gasteiger partial charge in [0.05, 0.1) is 7.11 Å². The van der Waals surface area contributed by atoms with E-state index in [-0.39, 0.29) is 17.9 Å². The summed E-state index contributed by atoms with van der Waals surface area (Å²) in [4.78, 5) is 25.3. The van der Waals surface area contributed by atoms with Crippen LogP contribution >= 0.6 is 0 Å². The van der Waals surface area contributed by atoms with Gasteiger partial charge in [0, 0.05) is 37.4 Å². The van der Waals surface area contributed by atoms with Crippen molar-refractivity contribution in [2.45, 2.75) is 75.9 Å². The van der Waals surface area contributed by atoms with Crippen LogP contribution in [0, 0.1) is 11.7 Å². The summed E-state index contributed by atoms with van der Waals surface area (Å²) in [5.41, 5.74) is 1.28. The van der Waals surface area contributed by atoms with Crippen molar-refractivity contribution in [3.05, 3.63) is 59.9 Å². The summed E-state index contributed by atoms with van der Waals surface area (Å²) in [6.45, 7) is 5.24. The summed E-state index contributed by atoms with van der Waals surface area (Å²) in [6.07, 6.45) is 8.63. The van der Waals surface area contributed by atoms with E-state index in [2.05, 4.69) is 28.9 Å². The quantitative estimate of drug-likeness (QED) is 0.478. The van der Waals surface area contributed by atoms with Gasteiger partial charge in [-0.1, -0.05) is 24.6 Å². The van der Waals surface area contributed by atoms with Gasteiger partial charge in [-0.15, -0.1) is 0 Å². The second-order valence-corrected chi connectivity index (χ2v) is 11.7. The molecule has 2 aromatic carbocycles. The molecule has 4 aliphatic rings. The van der Waals surface area contributed by atoms with E-state index in [1.165, 1.54) is 37.0 Å². The maximum atomic E-state index is 14.4. The molecule has 202 valence electrons. The lowest BCUT2D eigenvalue weighted by Crippen LogP contribution is -2.64. The predicted molar refractivity (Wildman–Crippen MR) is 148 cm³/mol. The molecule has 1 unspecified atom stereocenters. The number of benzene rings is 2. The zero-order valence-corrected chi connectivity index (χ0v) is 22.6. The van der Waals surface area contributed by atoms with Crippen LogP contribution in [0.15, 0.2) is 53.5 Å². The van der Waals surface area contributed by atoms with Crippen LogP contribution in [0.3, 0.4) is 0 Å². The molecule has 0 N–H and O–H groups in total. The van der Waals surface area contributed by atoms with E-state index in [1.54, 1.807) is 13.2 Å². The van der Waals surface area contributed by atoms with E-state index in [4.69, 9.17) is 9.73 Å². The number of methoxy groups -OCH3 is 1. The number of amides is 2. The molecule has 2 aromatic rings. The number of carbonyl (C=O) groups is 1. The third-order valence-electron chi connectivity index (χ3n) is 9.34. The number of halogens is 1. The van der Waals surface area contributed by atoms with Crippen molar-refractivity contribution >= 4 is 17.6 Å². The zero-order chi connectivity index (χ0) is 26.3. The van der Waals surface area contributed by atoms with E-state index < -0.39 is 5.54 Å². The summed E-state index contributed by atoms with van der Waals surface area (Å²) in [7, 11) is 1.70. The Bertz CT molecular complexity index is 1210. The van der Waals surface area contributed by atoms with Crippen LogP contribution in [-0.2, 0) is 6.42 Å².